The molecule has 1 N–H and O–H groups in total. The number of aliphatic hydroxyl groups is 1. The number of carbonyl (C=O) groups excluding carboxylic acids is 1. The number of hydrogen-bond donors (Lipinski definition) is 1. The van der Waals surface area contributed by atoms with E-state index in [2.05, 4.69) is 41.5 Å². The van der Waals surface area contributed by atoms with Crippen molar-refractivity contribution in [1.29, 1.82) is 0 Å². The summed E-state index contributed by atoms with van der Waals surface area (Å²) in [7, 11) is 1.41. The largest absolute Gasteiger partial charge is 0.466 e. The molecule has 6 nitrogen and oxygen atoms in total. The summed E-state index contributed by atoms with van der Waals surface area (Å²) in [5, 5.41) is 13.1. The number of benzene rings is 1. The number of esters is 1. The maximum atomic E-state index is 11.9. The molecule has 2 bridgehead atoms. The van der Waals surface area contributed by atoms with Crippen molar-refractivity contribution >= 4 is 16.9 Å². The van der Waals surface area contributed by atoms with Crippen LogP contribution in [0.4, 0.5) is 0 Å². The molecule has 0 amide bonds. The molecule has 1 aromatic carbocycles. The first-order chi connectivity index (χ1) is 16.4. The fourth-order valence-corrected chi connectivity index (χ4v) is 6.21. The lowest BCUT2D eigenvalue weighted by Crippen LogP contribution is -2.48. The molecule has 2 aromatic rings. The summed E-state index contributed by atoms with van der Waals surface area (Å²) in [6.45, 7) is 8.78. The summed E-state index contributed by atoms with van der Waals surface area (Å²) in [5.74, 6) is -0.334. The van der Waals surface area contributed by atoms with Gasteiger partial charge < -0.3 is 24.0 Å². The molecule has 3 atom stereocenters. The van der Waals surface area contributed by atoms with Gasteiger partial charge in [-0.2, -0.15) is 0 Å². The number of hydrogen-bond acceptors (Lipinski definition) is 5. The topological polar surface area (TPSA) is 63.9 Å². The highest BCUT2D eigenvalue weighted by Gasteiger charge is 2.52. The third-order valence-corrected chi connectivity index (χ3v) is 7.87. The molecule has 34 heavy (non-hydrogen) atoms. The Kier molecular flexibility index (Phi) is 7.39. The van der Waals surface area contributed by atoms with E-state index in [1.54, 1.807) is 0 Å². The van der Waals surface area contributed by atoms with Gasteiger partial charge in [0.25, 0.3) is 0 Å². The van der Waals surface area contributed by atoms with Crippen molar-refractivity contribution in [1.82, 2.24) is 9.47 Å². The number of ether oxygens (including phenoxy) is 2. The van der Waals surface area contributed by atoms with Gasteiger partial charge in [-0.05, 0) is 50.7 Å². The number of aromatic nitrogens is 1. The standard InChI is InChI=1S/C28H40N2O4/c1-5-7-19-34-26-25-22-13-17-29(18-14-24(31)33-4)16-10-15-28(26,6-2)20-27(3,32)30(25)23-12-9-8-11-21(22)23/h8-9,11-12,14,18,26,32H,5-7,10,13,15-17,19-20H2,1-4H3/b18-14+. The predicted molar refractivity (Wildman–Crippen MR) is 134 cm³/mol. The SMILES string of the molecule is CCCCOC1c2c3c4ccccc4n2C(C)(O)CC1(CC)CCCN(/C=C/C(=O)OC)CC3. The van der Waals surface area contributed by atoms with E-state index in [-0.39, 0.29) is 17.5 Å². The van der Waals surface area contributed by atoms with Crippen LogP contribution in [0.15, 0.2) is 36.5 Å². The monoisotopic (exact) mass is 468 g/mol. The number of rotatable bonds is 7. The van der Waals surface area contributed by atoms with Gasteiger partial charge in [-0.3, -0.25) is 0 Å². The molecule has 0 radical (unpaired) electrons. The minimum atomic E-state index is -0.975. The summed E-state index contributed by atoms with van der Waals surface area (Å²) in [6.07, 6.45) is 9.83. The van der Waals surface area contributed by atoms with Crippen molar-refractivity contribution in [2.75, 3.05) is 26.8 Å². The van der Waals surface area contributed by atoms with Crippen LogP contribution in [0.2, 0.25) is 0 Å². The Morgan fingerprint density at radius 2 is 2.06 bits per heavy atom. The number of methoxy groups -OCH3 is 1. The highest BCUT2D eigenvalue weighted by atomic mass is 16.5. The highest BCUT2D eigenvalue weighted by Crippen LogP contribution is 2.57. The van der Waals surface area contributed by atoms with Crippen molar-refractivity contribution in [3.05, 3.63) is 47.8 Å². The summed E-state index contributed by atoms with van der Waals surface area (Å²) in [5.41, 5.74) is 2.35. The van der Waals surface area contributed by atoms with Gasteiger partial charge in [0.05, 0.1) is 18.3 Å². The van der Waals surface area contributed by atoms with E-state index in [0.717, 1.165) is 69.4 Å². The van der Waals surface area contributed by atoms with E-state index in [1.165, 1.54) is 24.1 Å². The average Bonchev–Trinajstić information content (AvgIpc) is 3.17. The number of unbranched alkanes of at least 4 members (excludes halogenated alkanes) is 1. The van der Waals surface area contributed by atoms with Crippen LogP contribution in [-0.4, -0.2) is 47.3 Å². The maximum absolute atomic E-state index is 11.9. The lowest BCUT2D eigenvalue weighted by atomic mass is 9.66. The number of carbonyl (C=O) groups is 1. The molecule has 3 heterocycles. The molecule has 4 rings (SSSR count). The van der Waals surface area contributed by atoms with Gasteiger partial charge in [0.15, 0.2) is 0 Å². The Morgan fingerprint density at radius 3 is 2.79 bits per heavy atom. The van der Waals surface area contributed by atoms with Gasteiger partial charge in [-0.1, -0.05) is 38.5 Å². The Labute approximate surface area is 203 Å². The molecule has 0 fully saturated rings. The van der Waals surface area contributed by atoms with E-state index >= 15 is 0 Å². The summed E-state index contributed by atoms with van der Waals surface area (Å²) in [4.78, 5) is 14.0. The highest BCUT2D eigenvalue weighted by molar-refractivity contribution is 5.86. The zero-order valence-electron chi connectivity index (χ0n) is 21.2. The minimum Gasteiger partial charge on any atom is -0.466 e. The van der Waals surface area contributed by atoms with E-state index in [9.17, 15) is 9.90 Å². The zero-order chi connectivity index (χ0) is 24.3. The molecule has 0 saturated heterocycles. The van der Waals surface area contributed by atoms with Gasteiger partial charge >= 0.3 is 5.97 Å². The molecule has 2 aliphatic heterocycles. The molecular formula is C28H40N2O4. The summed E-state index contributed by atoms with van der Waals surface area (Å²) in [6, 6.07) is 8.41. The van der Waals surface area contributed by atoms with Crippen LogP contribution in [0.3, 0.4) is 0 Å². The molecular weight excluding hydrogens is 428 g/mol. The smallest absolute Gasteiger partial charge is 0.331 e. The third kappa shape index (κ3) is 4.50. The van der Waals surface area contributed by atoms with Crippen molar-refractivity contribution < 1.29 is 19.4 Å². The molecule has 0 aliphatic carbocycles. The second-order valence-electron chi connectivity index (χ2n) is 10.2. The van der Waals surface area contributed by atoms with Gasteiger partial charge in [0.1, 0.15) is 11.8 Å². The van der Waals surface area contributed by atoms with Crippen molar-refractivity contribution in [3.63, 3.8) is 0 Å². The number of fused-ring (bicyclic) bond motifs is 4. The number of para-hydroxylation sites is 1. The Balaban J connectivity index is 1.87. The normalized spacial score (nSPS) is 27.3. The Hall–Kier alpha value is -2.31. The first kappa shape index (κ1) is 24.8. The zero-order valence-corrected chi connectivity index (χ0v) is 21.2. The average molecular weight is 469 g/mol. The molecule has 1 aromatic heterocycles. The molecule has 2 aliphatic rings. The van der Waals surface area contributed by atoms with Gasteiger partial charge in [-0.15, -0.1) is 0 Å². The van der Waals surface area contributed by atoms with Crippen LogP contribution in [0, 0.1) is 5.41 Å². The fourth-order valence-electron chi connectivity index (χ4n) is 6.21. The second kappa shape index (κ2) is 10.1. The number of nitrogens with zero attached hydrogens (tertiary/aromatic N) is 2. The van der Waals surface area contributed by atoms with E-state index in [4.69, 9.17) is 9.47 Å². The van der Waals surface area contributed by atoms with Gasteiger partial charge in [0.2, 0.25) is 0 Å². The molecule has 6 heteroatoms. The fraction of sp³-hybridized carbons (Fsp3) is 0.607. The lowest BCUT2D eigenvalue weighted by Gasteiger charge is -2.51. The van der Waals surface area contributed by atoms with Gasteiger partial charge in [0, 0.05) is 49.2 Å². The van der Waals surface area contributed by atoms with Crippen LogP contribution in [0.5, 0.6) is 0 Å². The van der Waals surface area contributed by atoms with Crippen LogP contribution >= 0.6 is 0 Å². The van der Waals surface area contributed by atoms with Crippen LogP contribution in [0.25, 0.3) is 10.9 Å². The van der Waals surface area contributed by atoms with Crippen molar-refractivity contribution in [3.8, 4) is 0 Å². The second-order valence-corrected chi connectivity index (χ2v) is 10.2. The quantitative estimate of drug-likeness (QED) is 0.340. The first-order valence-electron chi connectivity index (χ1n) is 12.8. The lowest BCUT2D eigenvalue weighted by molar-refractivity contribution is -0.154. The minimum absolute atomic E-state index is 0.0381. The van der Waals surface area contributed by atoms with Crippen molar-refractivity contribution in [2.24, 2.45) is 5.41 Å². The van der Waals surface area contributed by atoms with Crippen molar-refractivity contribution in [2.45, 2.75) is 77.5 Å². The Morgan fingerprint density at radius 1 is 1.26 bits per heavy atom. The van der Waals surface area contributed by atoms with Crippen LogP contribution in [0.1, 0.15) is 76.7 Å². The van der Waals surface area contributed by atoms with Crippen LogP contribution in [-0.2, 0) is 26.4 Å². The van der Waals surface area contributed by atoms with Gasteiger partial charge in [-0.25, -0.2) is 4.79 Å². The van der Waals surface area contributed by atoms with E-state index in [1.807, 2.05) is 19.2 Å². The molecule has 186 valence electrons. The third-order valence-electron chi connectivity index (χ3n) is 7.87. The molecule has 0 spiro atoms. The van der Waals surface area contributed by atoms with Crippen LogP contribution < -0.4 is 0 Å². The van der Waals surface area contributed by atoms with E-state index in [0.29, 0.717) is 6.42 Å². The van der Waals surface area contributed by atoms with E-state index < -0.39 is 5.72 Å². The summed E-state index contributed by atoms with van der Waals surface area (Å²) >= 11 is 0. The summed E-state index contributed by atoms with van der Waals surface area (Å²) < 4.78 is 13.7. The predicted octanol–water partition coefficient (Wildman–Crippen LogP) is 5.29. The first-order valence-corrected chi connectivity index (χ1v) is 12.8. The molecule has 3 unspecified atom stereocenters. The maximum Gasteiger partial charge on any atom is 0.331 e. The Bertz CT molecular complexity index is 1040. The molecule has 0 saturated carbocycles.